The molecule has 0 radical (unpaired) electrons. The third kappa shape index (κ3) is 4.41. The molecule has 1 saturated carbocycles. The van der Waals surface area contributed by atoms with Crippen LogP contribution < -0.4 is 14.5 Å². The highest BCUT2D eigenvalue weighted by molar-refractivity contribution is 6.58. The van der Waals surface area contributed by atoms with Crippen LogP contribution in [0.3, 0.4) is 0 Å². The first-order valence-corrected chi connectivity index (χ1v) is 15.7. The van der Waals surface area contributed by atoms with Crippen molar-refractivity contribution in [2.45, 2.75) is 28.5 Å². The van der Waals surface area contributed by atoms with E-state index in [1.807, 2.05) is 0 Å². The standard InChI is InChI=1S/C33H20Cl2F5N3O8/c1-51-14-6-7-16(19(44)10-14)21-15-8-9-17-20(29(46)41(28(17)45)12-2-4-13(5-3-12)43(49)50)18(15)11-32(34)30(47)42(31(48)33(21,32)35)27-25(39)23(37)22(36)24(38)26(27)40/h2-8,10,17-18,20-21,44H,9,11H2,1H3/t17-,18+,20-,21+,32+,33-/m0/s1. The van der Waals surface area contributed by atoms with Crippen LogP contribution in [0, 0.1) is 57.0 Å². The SMILES string of the molecule is COc1ccc([C@H]2C3=CC[C@@H]4C(=O)N(c5ccc([N+](=O)[O-])cc5)C(=O)[C@@H]4[C@@H]3C[C@@]3(Cl)C(=O)N(c4c(F)c(F)c(F)c(F)c4F)C(=O)[C@@]23Cl)c(O)c1. The number of halogens is 7. The number of ether oxygens (including phenoxy) is 1. The molecular formula is C33H20Cl2F5N3O8. The Kier molecular flexibility index (Phi) is 7.72. The van der Waals surface area contributed by atoms with Gasteiger partial charge in [0.05, 0.1) is 29.6 Å². The summed E-state index contributed by atoms with van der Waals surface area (Å²) in [5.74, 6) is -23.2. The van der Waals surface area contributed by atoms with Crippen LogP contribution >= 0.6 is 23.2 Å². The Balaban J connectivity index is 1.42. The molecule has 3 fully saturated rings. The third-order valence-electron chi connectivity index (χ3n) is 10.1. The highest BCUT2D eigenvalue weighted by Gasteiger charge is 2.77. The van der Waals surface area contributed by atoms with Crippen molar-refractivity contribution in [2.75, 3.05) is 16.9 Å². The maximum Gasteiger partial charge on any atom is 0.269 e. The monoisotopic (exact) mass is 751 g/mol. The van der Waals surface area contributed by atoms with Gasteiger partial charge >= 0.3 is 0 Å². The summed E-state index contributed by atoms with van der Waals surface area (Å²) in [6.07, 6.45) is 0.565. The number of hydrogen-bond donors (Lipinski definition) is 1. The number of anilines is 2. The molecule has 18 heteroatoms. The molecule has 4 aliphatic rings. The van der Waals surface area contributed by atoms with E-state index < -0.39 is 109 Å². The molecule has 2 aliphatic carbocycles. The normalized spacial score (nSPS) is 28.4. The number of imide groups is 2. The summed E-state index contributed by atoms with van der Waals surface area (Å²) < 4.78 is 78.3. The number of nitrogens with zero attached hydrogens (tertiary/aromatic N) is 3. The maximum absolute atomic E-state index is 15.2. The van der Waals surface area contributed by atoms with Crippen LogP contribution in [-0.4, -0.2) is 50.5 Å². The molecule has 0 spiro atoms. The second-order valence-electron chi connectivity index (χ2n) is 12.4. The molecule has 2 aliphatic heterocycles. The average Bonchev–Trinajstić information content (AvgIpc) is 3.44. The van der Waals surface area contributed by atoms with E-state index in [0.717, 1.165) is 23.1 Å². The van der Waals surface area contributed by atoms with Crippen molar-refractivity contribution in [1.82, 2.24) is 0 Å². The summed E-state index contributed by atoms with van der Waals surface area (Å²) >= 11 is 14.1. The first-order chi connectivity index (χ1) is 24.0. The second kappa shape index (κ2) is 11.5. The van der Waals surface area contributed by atoms with Crippen molar-refractivity contribution in [1.29, 1.82) is 0 Å². The Labute approximate surface area is 292 Å². The molecule has 7 rings (SSSR count). The van der Waals surface area contributed by atoms with Gasteiger partial charge < -0.3 is 9.84 Å². The number of alkyl halides is 2. The number of nitro benzene ring substituents is 1. The van der Waals surface area contributed by atoms with E-state index in [0.29, 0.717) is 0 Å². The summed E-state index contributed by atoms with van der Waals surface area (Å²) in [6.45, 7) is 0. The number of carbonyl (C=O) groups is 4. The van der Waals surface area contributed by atoms with Gasteiger partial charge in [-0.3, -0.25) is 34.2 Å². The number of rotatable bonds is 5. The number of amides is 4. The van der Waals surface area contributed by atoms with Gasteiger partial charge in [0, 0.05) is 29.7 Å². The lowest BCUT2D eigenvalue weighted by Crippen LogP contribution is -2.60. The van der Waals surface area contributed by atoms with Gasteiger partial charge in [0.1, 0.15) is 17.2 Å². The molecule has 3 aromatic carbocycles. The number of fused-ring (bicyclic) bond motifs is 4. The molecule has 0 unspecified atom stereocenters. The van der Waals surface area contributed by atoms with E-state index >= 15 is 8.78 Å². The Hall–Kier alpha value is -5.09. The van der Waals surface area contributed by atoms with Crippen LogP contribution in [-0.2, 0) is 19.2 Å². The van der Waals surface area contributed by atoms with E-state index in [9.17, 15) is 47.6 Å². The molecule has 0 bridgehead atoms. The number of hydrogen-bond acceptors (Lipinski definition) is 8. The largest absolute Gasteiger partial charge is 0.508 e. The number of phenolic OH excluding ortho intramolecular Hbond substituents is 1. The van der Waals surface area contributed by atoms with Crippen LogP contribution in [0.4, 0.5) is 39.0 Å². The molecule has 4 amide bonds. The van der Waals surface area contributed by atoms with E-state index in [1.54, 1.807) is 0 Å². The molecule has 3 aromatic rings. The van der Waals surface area contributed by atoms with Gasteiger partial charge in [-0.05, 0) is 37.0 Å². The van der Waals surface area contributed by atoms with Crippen LogP contribution in [0.1, 0.15) is 24.3 Å². The summed E-state index contributed by atoms with van der Waals surface area (Å²) in [5, 5.41) is 22.4. The fourth-order valence-electron chi connectivity index (χ4n) is 7.78. The van der Waals surface area contributed by atoms with Gasteiger partial charge in [0.2, 0.25) is 17.6 Å². The Morgan fingerprint density at radius 3 is 2.04 bits per heavy atom. The number of carbonyl (C=O) groups excluding carboxylic acids is 4. The molecule has 264 valence electrons. The Morgan fingerprint density at radius 1 is 0.863 bits per heavy atom. The molecule has 51 heavy (non-hydrogen) atoms. The zero-order chi connectivity index (χ0) is 37.1. The highest BCUT2D eigenvalue weighted by atomic mass is 35.5. The number of non-ortho nitro benzene ring substituents is 1. The average molecular weight is 752 g/mol. The minimum Gasteiger partial charge on any atom is -0.508 e. The van der Waals surface area contributed by atoms with Gasteiger partial charge in [-0.1, -0.05) is 17.7 Å². The summed E-state index contributed by atoms with van der Waals surface area (Å²) in [4.78, 5) is 61.8. The lowest BCUT2D eigenvalue weighted by Gasteiger charge is -2.50. The predicted molar refractivity (Wildman–Crippen MR) is 167 cm³/mol. The van der Waals surface area contributed by atoms with E-state index in [-0.39, 0.29) is 39.6 Å². The minimum absolute atomic E-state index is 0.0106. The second-order valence-corrected chi connectivity index (χ2v) is 13.6. The predicted octanol–water partition coefficient (Wildman–Crippen LogP) is 5.77. The van der Waals surface area contributed by atoms with Crippen molar-refractivity contribution >= 4 is 63.9 Å². The van der Waals surface area contributed by atoms with Crippen LogP contribution in [0.2, 0.25) is 0 Å². The van der Waals surface area contributed by atoms with Crippen molar-refractivity contribution in [3.05, 3.63) is 98.9 Å². The van der Waals surface area contributed by atoms with E-state index in [2.05, 4.69) is 0 Å². The molecular weight excluding hydrogens is 732 g/mol. The zero-order valence-corrected chi connectivity index (χ0v) is 27.1. The fourth-order valence-corrected chi connectivity index (χ4v) is 8.71. The van der Waals surface area contributed by atoms with Gasteiger partial charge in [0.15, 0.2) is 33.0 Å². The van der Waals surface area contributed by atoms with Gasteiger partial charge in [-0.2, -0.15) is 0 Å². The number of methoxy groups -OCH3 is 1. The Morgan fingerprint density at radius 2 is 1.47 bits per heavy atom. The highest BCUT2D eigenvalue weighted by Crippen LogP contribution is 2.67. The molecule has 1 N–H and O–H groups in total. The topological polar surface area (TPSA) is 147 Å². The first kappa shape index (κ1) is 34.4. The number of phenols is 1. The molecule has 2 heterocycles. The van der Waals surface area contributed by atoms with Crippen molar-refractivity contribution in [2.24, 2.45) is 17.8 Å². The number of benzene rings is 3. The van der Waals surface area contributed by atoms with Crippen molar-refractivity contribution < 1.29 is 55.9 Å². The van der Waals surface area contributed by atoms with Gasteiger partial charge in [-0.15, -0.1) is 23.2 Å². The fraction of sp³-hybridized carbons (Fsp3) is 0.273. The minimum atomic E-state index is -2.82. The van der Waals surface area contributed by atoms with Crippen LogP contribution in [0.5, 0.6) is 11.5 Å². The molecule has 6 atom stereocenters. The quantitative estimate of drug-likeness (QED) is 0.0505. The Bertz CT molecular complexity index is 2140. The molecule has 2 saturated heterocycles. The van der Waals surface area contributed by atoms with E-state index in [4.69, 9.17) is 27.9 Å². The summed E-state index contributed by atoms with van der Waals surface area (Å²) in [7, 11) is 1.28. The smallest absolute Gasteiger partial charge is 0.269 e. The van der Waals surface area contributed by atoms with Gasteiger partial charge in [0.25, 0.3) is 17.5 Å². The lowest BCUT2D eigenvalue weighted by atomic mass is 9.56. The van der Waals surface area contributed by atoms with Crippen LogP contribution in [0.25, 0.3) is 0 Å². The summed E-state index contributed by atoms with van der Waals surface area (Å²) in [6, 6.07) is 8.24. The van der Waals surface area contributed by atoms with Crippen molar-refractivity contribution in [3.8, 4) is 11.5 Å². The van der Waals surface area contributed by atoms with E-state index in [1.165, 1.54) is 37.5 Å². The first-order valence-electron chi connectivity index (χ1n) is 15.0. The maximum atomic E-state index is 15.2. The number of nitro groups is 1. The molecule has 0 aromatic heterocycles. The third-order valence-corrected chi connectivity index (χ3v) is 11.5. The zero-order valence-electron chi connectivity index (χ0n) is 25.6. The van der Waals surface area contributed by atoms with Crippen molar-refractivity contribution in [3.63, 3.8) is 0 Å². The van der Waals surface area contributed by atoms with Crippen LogP contribution in [0.15, 0.2) is 54.1 Å². The summed E-state index contributed by atoms with van der Waals surface area (Å²) in [5.41, 5.74) is -2.33. The van der Waals surface area contributed by atoms with Gasteiger partial charge in [-0.25, -0.2) is 26.9 Å². The molecule has 11 nitrogen and oxygen atoms in total. The lowest BCUT2D eigenvalue weighted by molar-refractivity contribution is -0.384. The number of allylic oxidation sites excluding steroid dienone is 2. The number of aromatic hydroxyl groups is 1.